The molecule has 3 rings (SSSR count). The van der Waals surface area contributed by atoms with E-state index in [-0.39, 0.29) is 12.2 Å². The number of benzene rings is 3. The van der Waals surface area contributed by atoms with E-state index in [1.165, 1.54) is 24.3 Å². The number of amides is 1. The van der Waals surface area contributed by atoms with E-state index in [1.807, 2.05) is 6.07 Å². The Morgan fingerprint density at radius 2 is 1.70 bits per heavy atom. The van der Waals surface area contributed by atoms with Crippen molar-refractivity contribution >= 4 is 5.91 Å². The Morgan fingerprint density at radius 3 is 2.33 bits per heavy atom. The van der Waals surface area contributed by atoms with Crippen molar-refractivity contribution in [1.82, 2.24) is 5.32 Å². The molecule has 0 heterocycles. The van der Waals surface area contributed by atoms with Crippen LogP contribution in [0, 0.1) is 23.0 Å². The van der Waals surface area contributed by atoms with Gasteiger partial charge < -0.3 is 10.1 Å². The van der Waals surface area contributed by atoms with E-state index in [0.717, 1.165) is 0 Å². The van der Waals surface area contributed by atoms with Crippen LogP contribution < -0.4 is 10.1 Å². The lowest BCUT2D eigenvalue weighted by Crippen LogP contribution is -2.39. The molecule has 0 aliphatic carbocycles. The second-order valence-electron chi connectivity index (χ2n) is 6.85. The number of rotatable bonds is 7. The Balaban J connectivity index is 1.75. The van der Waals surface area contributed by atoms with Gasteiger partial charge in [0.15, 0.2) is 6.10 Å². The molecule has 152 valence electrons. The molecule has 0 aliphatic heterocycles. The smallest absolute Gasteiger partial charge is 0.261 e. The van der Waals surface area contributed by atoms with Crippen molar-refractivity contribution in [2.24, 2.45) is 0 Å². The molecule has 0 radical (unpaired) electrons. The average Bonchev–Trinajstić information content (AvgIpc) is 2.74. The first-order valence-corrected chi connectivity index (χ1v) is 9.41. The summed E-state index contributed by atoms with van der Waals surface area (Å²) in [5.74, 6) is -0.753. The molecule has 0 spiro atoms. The highest BCUT2D eigenvalue weighted by molar-refractivity contribution is 5.81. The van der Waals surface area contributed by atoms with Crippen molar-refractivity contribution in [3.8, 4) is 11.8 Å². The third-order valence-corrected chi connectivity index (χ3v) is 4.56. The molecule has 0 aliphatic rings. The highest BCUT2D eigenvalue weighted by atomic mass is 19.1. The highest BCUT2D eigenvalue weighted by Gasteiger charge is 2.21. The van der Waals surface area contributed by atoms with Gasteiger partial charge in [-0.1, -0.05) is 24.3 Å². The fraction of sp³-hybridized carbons (Fsp3) is 0.167. The van der Waals surface area contributed by atoms with E-state index in [9.17, 15) is 13.6 Å². The maximum atomic E-state index is 13.8. The van der Waals surface area contributed by atoms with Crippen molar-refractivity contribution in [1.29, 1.82) is 5.26 Å². The van der Waals surface area contributed by atoms with Crippen molar-refractivity contribution in [2.45, 2.75) is 25.5 Å². The van der Waals surface area contributed by atoms with E-state index in [0.29, 0.717) is 22.4 Å². The quantitative estimate of drug-likeness (QED) is 0.618. The fourth-order valence-electron chi connectivity index (χ4n) is 3.03. The van der Waals surface area contributed by atoms with Crippen LogP contribution in [0.1, 0.15) is 29.7 Å². The summed E-state index contributed by atoms with van der Waals surface area (Å²) in [6.07, 6.45) is -0.544. The Labute approximate surface area is 173 Å². The van der Waals surface area contributed by atoms with E-state index in [1.54, 1.807) is 55.5 Å². The standard InChI is InChI=1S/C24H20F2N2O2/c1-16(30-22-10-8-17(15-27)9-11-22)24(29)28-23(19-5-3-7-21(26)14-19)13-18-4-2-6-20(25)12-18/h2-12,14,16,23H,13H2,1H3,(H,28,29). The molecule has 2 atom stereocenters. The maximum Gasteiger partial charge on any atom is 0.261 e. The first kappa shape index (κ1) is 21.0. The monoisotopic (exact) mass is 406 g/mol. The van der Waals surface area contributed by atoms with Gasteiger partial charge in [-0.15, -0.1) is 0 Å². The van der Waals surface area contributed by atoms with Gasteiger partial charge in [-0.05, 0) is 73.0 Å². The molecule has 1 amide bonds. The zero-order valence-electron chi connectivity index (χ0n) is 16.3. The van der Waals surface area contributed by atoms with Gasteiger partial charge in [-0.25, -0.2) is 8.78 Å². The molecule has 0 saturated heterocycles. The molecule has 30 heavy (non-hydrogen) atoms. The summed E-state index contributed by atoms with van der Waals surface area (Å²) in [6.45, 7) is 1.60. The molecular formula is C24H20F2N2O2. The summed E-state index contributed by atoms with van der Waals surface area (Å²) >= 11 is 0. The fourth-order valence-corrected chi connectivity index (χ4v) is 3.03. The highest BCUT2D eigenvalue weighted by Crippen LogP contribution is 2.21. The van der Waals surface area contributed by atoms with Crippen LogP contribution in [0.5, 0.6) is 5.75 Å². The summed E-state index contributed by atoms with van der Waals surface area (Å²) in [5, 5.41) is 11.7. The van der Waals surface area contributed by atoms with Crippen LogP contribution in [0.2, 0.25) is 0 Å². The van der Waals surface area contributed by atoms with Crippen LogP contribution in [-0.4, -0.2) is 12.0 Å². The SMILES string of the molecule is CC(Oc1ccc(C#N)cc1)C(=O)NC(Cc1cccc(F)c1)c1cccc(F)c1. The van der Waals surface area contributed by atoms with Crippen LogP contribution in [0.15, 0.2) is 72.8 Å². The minimum Gasteiger partial charge on any atom is -0.481 e. The normalized spacial score (nSPS) is 12.5. The van der Waals surface area contributed by atoms with Gasteiger partial charge in [-0.2, -0.15) is 5.26 Å². The Hall–Kier alpha value is -3.72. The summed E-state index contributed by atoms with van der Waals surface area (Å²) in [4.78, 5) is 12.7. The van der Waals surface area contributed by atoms with Gasteiger partial charge in [0, 0.05) is 0 Å². The van der Waals surface area contributed by atoms with Crippen LogP contribution in [0.3, 0.4) is 0 Å². The number of ether oxygens (including phenoxy) is 1. The van der Waals surface area contributed by atoms with Crippen LogP contribution >= 0.6 is 0 Å². The molecule has 2 unspecified atom stereocenters. The van der Waals surface area contributed by atoms with Crippen molar-refractivity contribution < 1.29 is 18.3 Å². The number of halogens is 2. The maximum absolute atomic E-state index is 13.8. The summed E-state index contributed by atoms with van der Waals surface area (Å²) in [6, 6.07) is 19.9. The summed E-state index contributed by atoms with van der Waals surface area (Å²) in [5.41, 5.74) is 1.73. The molecule has 1 N–H and O–H groups in total. The topological polar surface area (TPSA) is 62.1 Å². The third kappa shape index (κ3) is 5.65. The summed E-state index contributed by atoms with van der Waals surface area (Å²) < 4.78 is 33.0. The first-order valence-electron chi connectivity index (χ1n) is 9.41. The lowest BCUT2D eigenvalue weighted by atomic mass is 9.98. The summed E-state index contributed by atoms with van der Waals surface area (Å²) in [7, 11) is 0. The minimum atomic E-state index is -0.832. The molecule has 0 aromatic heterocycles. The molecule has 0 saturated carbocycles. The van der Waals surface area contributed by atoms with Crippen LogP contribution in [0.25, 0.3) is 0 Å². The zero-order valence-corrected chi connectivity index (χ0v) is 16.3. The number of nitriles is 1. The third-order valence-electron chi connectivity index (χ3n) is 4.56. The van der Waals surface area contributed by atoms with Gasteiger partial charge in [0.2, 0.25) is 0 Å². The van der Waals surface area contributed by atoms with E-state index in [2.05, 4.69) is 5.32 Å². The van der Waals surface area contributed by atoms with E-state index < -0.39 is 23.9 Å². The molecule has 6 heteroatoms. The molecule has 0 fully saturated rings. The molecule has 3 aromatic rings. The Morgan fingerprint density at radius 1 is 1.03 bits per heavy atom. The molecular weight excluding hydrogens is 386 g/mol. The number of nitrogens with one attached hydrogen (secondary N) is 1. The number of hydrogen-bond acceptors (Lipinski definition) is 3. The second kappa shape index (κ2) is 9.66. The largest absolute Gasteiger partial charge is 0.481 e. The Bertz CT molecular complexity index is 1060. The number of carbonyl (C=O) groups is 1. The Kier molecular flexibility index (Phi) is 6.76. The van der Waals surface area contributed by atoms with Gasteiger partial charge in [0.05, 0.1) is 17.7 Å². The molecule has 4 nitrogen and oxygen atoms in total. The van der Waals surface area contributed by atoms with Crippen molar-refractivity contribution in [2.75, 3.05) is 0 Å². The van der Waals surface area contributed by atoms with Crippen molar-refractivity contribution in [3.05, 3.63) is 101 Å². The zero-order chi connectivity index (χ0) is 21.5. The van der Waals surface area contributed by atoms with Crippen molar-refractivity contribution in [3.63, 3.8) is 0 Å². The van der Waals surface area contributed by atoms with E-state index in [4.69, 9.17) is 10.00 Å². The van der Waals surface area contributed by atoms with Crippen LogP contribution in [-0.2, 0) is 11.2 Å². The molecule has 0 bridgehead atoms. The van der Waals surface area contributed by atoms with Gasteiger partial charge in [0.1, 0.15) is 17.4 Å². The van der Waals surface area contributed by atoms with Gasteiger partial charge >= 0.3 is 0 Å². The second-order valence-corrected chi connectivity index (χ2v) is 6.85. The molecule has 3 aromatic carbocycles. The van der Waals surface area contributed by atoms with Gasteiger partial charge in [0.25, 0.3) is 5.91 Å². The predicted molar refractivity (Wildman–Crippen MR) is 109 cm³/mol. The van der Waals surface area contributed by atoms with Gasteiger partial charge in [-0.3, -0.25) is 4.79 Å². The van der Waals surface area contributed by atoms with E-state index >= 15 is 0 Å². The lowest BCUT2D eigenvalue weighted by molar-refractivity contribution is -0.128. The number of nitrogens with zero attached hydrogens (tertiary/aromatic N) is 1. The first-order chi connectivity index (χ1) is 14.4. The number of carbonyl (C=O) groups excluding carboxylic acids is 1. The number of hydrogen-bond donors (Lipinski definition) is 1. The average molecular weight is 406 g/mol. The van der Waals surface area contributed by atoms with Crippen LogP contribution in [0.4, 0.5) is 8.78 Å². The lowest BCUT2D eigenvalue weighted by Gasteiger charge is -2.22. The predicted octanol–water partition coefficient (Wildman–Crippen LogP) is 4.70. The minimum absolute atomic E-state index is 0.288.